The molecular formula is C29H46O3. The van der Waals surface area contributed by atoms with Gasteiger partial charge in [-0.15, -0.1) is 0 Å². The Hall–Kier alpha value is -1.12. The van der Waals surface area contributed by atoms with Crippen LogP contribution in [0.25, 0.3) is 0 Å². The predicted octanol–water partition coefficient (Wildman–Crippen LogP) is 7.14. The van der Waals surface area contributed by atoms with E-state index < -0.39 is 0 Å². The van der Waals surface area contributed by atoms with Crippen LogP contribution in [-0.2, 0) is 14.3 Å². The lowest BCUT2D eigenvalue weighted by Crippen LogP contribution is -2.53. The highest BCUT2D eigenvalue weighted by Crippen LogP contribution is 2.66. The van der Waals surface area contributed by atoms with E-state index >= 15 is 0 Å². The Labute approximate surface area is 196 Å². The molecule has 180 valence electrons. The molecule has 3 saturated carbocycles. The molecule has 0 heterocycles. The van der Waals surface area contributed by atoms with E-state index in [0.717, 1.165) is 37.0 Å². The Bertz CT molecular complexity index is 766. The number of hydrogen-bond acceptors (Lipinski definition) is 3. The zero-order chi connectivity index (χ0) is 23.3. The summed E-state index contributed by atoms with van der Waals surface area (Å²) in [6.45, 7) is 13.6. The topological polar surface area (TPSA) is 43.4 Å². The van der Waals surface area contributed by atoms with Crippen LogP contribution in [0.4, 0.5) is 0 Å². The summed E-state index contributed by atoms with van der Waals surface area (Å²) in [5.41, 5.74) is 1.70. The standard InChI is InChI=1S/C29H46O3/c1-18(2)8-7-9-19(3)23-10-11-24-27-25(13-15-29(23,24)6)28(5)14-12-22(32-20(4)30)16-21(28)17-26(27)31/h17-19,22-25,27H,7-16H2,1-6H3/t19-,22+,23-,24+,25+,27?,28+,29-/m1/s1. The summed E-state index contributed by atoms with van der Waals surface area (Å²) in [6.07, 6.45) is 13.7. The number of hydrogen-bond donors (Lipinski definition) is 0. The summed E-state index contributed by atoms with van der Waals surface area (Å²) < 4.78 is 5.54. The average Bonchev–Trinajstić information content (AvgIpc) is 3.05. The number of fused-ring (bicyclic) bond motifs is 5. The van der Waals surface area contributed by atoms with Gasteiger partial charge in [-0.2, -0.15) is 0 Å². The van der Waals surface area contributed by atoms with Crippen LogP contribution in [0.2, 0.25) is 0 Å². The van der Waals surface area contributed by atoms with Gasteiger partial charge >= 0.3 is 5.97 Å². The van der Waals surface area contributed by atoms with Crippen molar-refractivity contribution >= 4 is 11.8 Å². The van der Waals surface area contributed by atoms with Gasteiger partial charge in [-0.05, 0) is 85.0 Å². The third kappa shape index (κ3) is 4.11. The second-order valence-electron chi connectivity index (χ2n) is 12.7. The van der Waals surface area contributed by atoms with Gasteiger partial charge < -0.3 is 4.74 Å². The summed E-state index contributed by atoms with van der Waals surface area (Å²) in [7, 11) is 0. The van der Waals surface area contributed by atoms with E-state index in [4.69, 9.17) is 4.74 Å². The highest BCUT2D eigenvalue weighted by molar-refractivity contribution is 5.94. The van der Waals surface area contributed by atoms with E-state index in [1.54, 1.807) is 0 Å². The van der Waals surface area contributed by atoms with Crippen molar-refractivity contribution in [1.82, 2.24) is 0 Å². The quantitative estimate of drug-likeness (QED) is 0.411. The number of ketones is 1. The molecular weight excluding hydrogens is 396 g/mol. The second-order valence-corrected chi connectivity index (χ2v) is 12.7. The van der Waals surface area contributed by atoms with Crippen LogP contribution in [-0.4, -0.2) is 17.9 Å². The maximum atomic E-state index is 13.6. The Balaban J connectivity index is 1.52. The summed E-state index contributed by atoms with van der Waals surface area (Å²) in [5, 5.41) is 0. The van der Waals surface area contributed by atoms with Crippen molar-refractivity contribution in [3.05, 3.63) is 11.6 Å². The van der Waals surface area contributed by atoms with Crippen LogP contribution in [0.15, 0.2) is 11.6 Å². The molecule has 4 aliphatic carbocycles. The Morgan fingerprint density at radius 3 is 2.50 bits per heavy atom. The van der Waals surface area contributed by atoms with E-state index in [2.05, 4.69) is 34.6 Å². The first-order valence-electron chi connectivity index (χ1n) is 13.5. The van der Waals surface area contributed by atoms with Gasteiger partial charge in [0.1, 0.15) is 6.10 Å². The molecule has 4 rings (SSSR count). The SMILES string of the molecule is CC(=O)O[C@H]1CC[C@@]2(C)C(=CC(=O)C3[C@@H]4CC[C@H]([C@H](C)CCCC(C)C)[C@@]4(C)CC[C@@H]32)C1. The molecule has 0 aromatic carbocycles. The number of allylic oxidation sites excluding steroid dienone is 1. The van der Waals surface area contributed by atoms with Crippen molar-refractivity contribution in [2.75, 3.05) is 0 Å². The molecule has 1 unspecified atom stereocenters. The molecule has 0 aromatic heterocycles. The molecule has 8 atom stereocenters. The summed E-state index contributed by atoms with van der Waals surface area (Å²) in [6, 6.07) is 0. The molecule has 3 nitrogen and oxygen atoms in total. The third-order valence-electron chi connectivity index (χ3n) is 10.4. The molecule has 0 saturated heterocycles. The van der Waals surface area contributed by atoms with Gasteiger partial charge in [-0.3, -0.25) is 9.59 Å². The fourth-order valence-corrected chi connectivity index (χ4v) is 8.73. The lowest BCUT2D eigenvalue weighted by Gasteiger charge is -2.57. The lowest BCUT2D eigenvalue weighted by molar-refractivity contribution is -0.149. The monoisotopic (exact) mass is 442 g/mol. The van der Waals surface area contributed by atoms with E-state index in [0.29, 0.717) is 23.0 Å². The van der Waals surface area contributed by atoms with Crippen LogP contribution < -0.4 is 0 Å². The van der Waals surface area contributed by atoms with E-state index in [-0.39, 0.29) is 23.4 Å². The van der Waals surface area contributed by atoms with E-state index in [9.17, 15) is 9.59 Å². The predicted molar refractivity (Wildman–Crippen MR) is 129 cm³/mol. The third-order valence-corrected chi connectivity index (χ3v) is 10.4. The van der Waals surface area contributed by atoms with Gasteiger partial charge in [0.05, 0.1) is 0 Å². The molecule has 0 radical (unpaired) electrons. The lowest BCUT2D eigenvalue weighted by atomic mass is 9.46. The van der Waals surface area contributed by atoms with Gasteiger partial charge in [0.2, 0.25) is 0 Å². The highest BCUT2D eigenvalue weighted by atomic mass is 16.5. The first-order valence-corrected chi connectivity index (χ1v) is 13.5. The Morgan fingerprint density at radius 1 is 1.06 bits per heavy atom. The summed E-state index contributed by atoms with van der Waals surface area (Å²) in [5.74, 6) is 3.74. The Kier molecular flexibility index (Phi) is 6.69. The van der Waals surface area contributed by atoms with Crippen LogP contribution in [0.3, 0.4) is 0 Å². The highest BCUT2D eigenvalue weighted by Gasteiger charge is 2.61. The van der Waals surface area contributed by atoms with Crippen molar-refractivity contribution in [3.63, 3.8) is 0 Å². The number of ether oxygens (including phenoxy) is 1. The van der Waals surface area contributed by atoms with Gasteiger partial charge in [0.15, 0.2) is 5.78 Å². The molecule has 0 spiro atoms. The van der Waals surface area contributed by atoms with Gasteiger partial charge in [-0.1, -0.05) is 59.5 Å². The maximum absolute atomic E-state index is 13.6. The number of carbonyl (C=O) groups is 2. The molecule has 4 aliphatic rings. The summed E-state index contributed by atoms with van der Waals surface area (Å²) >= 11 is 0. The minimum atomic E-state index is -0.202. The van der Waals surface area contributed by atoms with Crippen molar-refractivity contribution < 1.29 is 14.3 Å². The smallest absolute Gasteiger partial charge is 0.302 e. The Morgan fingerprint density at radius 2 is 1.81 bits per heavy atom. The minimum Gasteiger partial charge on any atom is -0.462 e. The first kappa shape index (κ1) is 24.0. The number of carbonyl (C=O) groups excluding carboxylic acids is 2. The van der Waals surface area contributed by atoms with Crippen molar-refractivity contribution in [3.8, 4) is 0 Å². The van der Waals surface area contributed by atoms with Crippen LogP contribution in [0.5, 0.6) is 0 Å². The molecule has 3 fully saturated rings. The van der Waals surface area contributed by atoms with E-state index in [1.807, 2.05) is 6.08 Å². The minimum absolute atomic E-state index is 0.0485. The molecule has 0 aliphatic heterocycles. The zero-order valence-corrected chi connectivity index (χ0v) is 21.4. The fourth-order valence-electron chi connectivity index (χ4n) is 8.73. The van der Waals surface area contributed by atoms with Gasteiger partial charge in [-0.25, -0.2) is 0 Å². The van der Waals surface area contributed by atoms with Crippen molar-refractivity contribution in [2.45, 2.75) is 112 Å². The first-order chi connectivity index (χ1) is 15.1. The normalized spacial score (nSPS) is 42.0. The molecule has 32 heavy (non-hydrogen) atoms. The molecule has 0 amide bonds. The molecule has 0 N–H and O–H groups in total. The summed E-state index contributed by atoms with van der Waals surface area (Å²) in [4.78, 5) is 25.1. The van der Waals surface area contributed by atoms with Crippen molar-refractivity contribution in [1.29, 1.82) is 0 Å². The number of esters is 1. The van der Waals surface area contributed by atoms with Gasteiger partial charge in [0.25, 0.3) is 0 Å². The molecule has 3 heteroatoms. The van der Waals surface area contributed by atoms with Crippen LogP contribution in [0.1, 0.15) is 106 Å². The second kappa shape index (κ2) is 8.91. The van der Waals surface area contributed by atoms with Crippen LogP contribution in [0, 0.1) is 46.3 Å². The largest absolute Gasteiger partial charge is 0.462 e. The van der Waals surface area contributed by atoms with Crippen LogP contribution >= 0.6 is 0 Å². The average molecular weight is 443 g/mol. The van der Waals surface area contributed by atoms with Crippen molar-refractivity contribution in [2.24, 2.45) is 46.3 Å². The van der Waals surface area contributed by atoms with Gasteiger partial charge in [0, 0.05) is 19.3 Å². The van der Waals surface area contributed by atoms with E-state index in [1.165, 1.54) is 57.4 Å². The fraction of sp³-hybridized carbons (Fsp3) is 0.862. The molecule has 0 bridgehead atoms. The molecule has 0 aromatic rings. The zero-order valence-electron chi connectivity index (χ0n) is 21.4. The number of rotatable bonds is 6. The maximum Gasteiger partial charge on any atom is 0.302 e.